The zero-order valence-electron chi connectivity index (χ0n) is 19.2. The van der Waals surface area contributed by atoms with E-state index in [1.54, 1.807) is 22.9 Å². The number of aryl methyl sites for hydroxylation is 1. The number of carbonyl (C=O) groups is 1. The van der Waals surface area contributed by atoms with Crippen molar-refractivity contribution in [2.24, 2.45) is 0 Å². The number of rotatable bonds is 6. The second-order valence-corrected chi connectivity index (χ2v) is 7.57. The van der Waals surface area contributed by atoms with Crippen LogP contribution in [0, 0.1) is 38.2 Å². The first-order valence-corrected chi connectivity index (χ1v) is 10.4. The van der Waals surface area contributed by atoms with Crippen LogP contribution < -0.4 is 14.8 Å². The number of ether oxygens (including phenoxy) is 2. The van der Waals surface area contributed by atoms with Crippen LogP contribution in [0.15, 0.2) is 42.7 Å². The Balaban J connectivity index is 1.49. The van der Waals surface area contributed by atoms with E-state index in [-0.39, 0.29) is 11.6 Å². The number of anilines is 1. The third kappa shape index (κ3) is 4.65. The predicted molar refractivity (Wildman–Crippen MR) is 121 cm³/mol. The molecule has 2 aromatic heterocycles. The summed E-state index contributed by atoms with van der Waals surface area (Å²) >= 11 is 0. The molecule has 1 N–H and O–H groups in total. The van der Waals surface area contributed by atoms with E-state index in [2.05, 4.69) is 25.1 Å². The number of aromatic nitrogens is 4. The molecule has 2 aromatic carbocycles. The van der Waals surface area contributed by atoms with E-state index in [9.17, 15) is 18.0 Å². The summed E-state index contributed by atoms with van der Waals surface area (Å²) in [6, 6.07) is 8.19. The van der Waals surface area contributed by atoms with Gasteiger partial charge in [-0.3, -0.25) is 4.79 Å². The van der Waals surface area contributed by atoms with Gasteiger partial charge >= 0.3 is 0 Å². The second-order valence-electron chi connectivity index (χ2n) is 7.57. The average molecular weight is 483 g/mol. The Morgan fingerprint density at radius 2 is 1.71 bits per heavy atom. The van der Waals surface area contributed by atoms with E-state index in [0.29, 0.717) is 17.6 Å². The quantitative estimate of drug-likeness (QED) is 0.386. The molecule has 2 heterocycles. The largest absolute Gasteiger partial charge is 0.491 e. The highest BCUT2D eigenvalue weighted by molar-refractivity contribution is 6.04. The standard InChI is InChI=1S/C24H20F3N5O3/c1-12-13(2)31-32(14(12)3)19-10-20(29-11-28-19)35-16-7-5-15(6-8-16)30-24(33)17-9-18(25)22(27)23(34-4)21(17)26/h5-11H,1-4H3,(H,30,33). The fraction of sp³-hybridized carbons (Fsp3) is 0.167. The SMILES string of the molecule is COc1c(F)c(F)cc(C(=O)Nc2ccc(Oc3cc(-n4nc(C)c(C)c4C)ncn3)cc2)c1F. The van der Waals surface area contributed by atoms with Crippen molar-refractivity contribution in [1.82, 2.24) is 19.7 Å². The zero-order chi connectivity index (χ0) is 25.3. The summed E-state index contributed by atoms with van der Waals surface area (Å²) in [5.41, 5.74) is 2.47. The van der Waals surface area contributed by atoms with Gasteiger partial charge in [0.05, 0.1) is 18.4 Å². The fourth-order valence-electron chi connectivity index (χ4n) is 3.30. The Kier molecular flexibility index (Phi) is 6.41. The van der Waals surface area contributed by atoms with Crippen molar-refractivity contribution in [2.45, 2.75) is 20.8 Å². The molecular weight excluding hydrogens is 463 g/mol. The van der Waals surface area contributed by atoms with Crippen molar-refractivity contribution in [3.63, 3.8) is 0 Å². The van der Waals surface area contributed by atoms with Crippen LogP contribution in [0.25, 0.3) is 5.82 Å². The fourth-order valence-corrected chi connectivity index (χ4v) is 3.30. The number of hydrogen-bond donors (Lipinski definition) is 1. The van der Waals surface area contributed by atoms with Crippen LogP contribution in [0.1, 0.15) is 27.3 Å². The number of methoxy groups -OCH3 is 1. The van der Waals surface area contributed by atoms with Gasteiger partial charge in [-0.25, -0.2) is 23.4 Å². The Morgan fingerprint density at radius 3 is 2.34 bits per heavy atom. The summed E-state index contributed by atoms with van der Waals surface area (Å²) in [6.45, 7) is 5.83. The molecule has 35 heavy (non-hydrogen) atoms. The van der Waals surface area contributed by atoms with Crippen molar-refractivity contribution >= 4 is 11.6 Å². The molecule has 180 valence electrons. The van der Waals surface area contributed by atoms with Gasteiger partial charge in [0.1, 0.15) is 12.1 Å². The highest BCUT2D eigenvalue weighted by atomic mass is 19.2. The number of nitrogens with zero attached hydrogens (tertiary/aromatic N) is 4. The van der Waals surface area contributed by atoms with Gasteiger partial charge < -0.3 is 14.8 Å². The lowest BCUT2D eigenvalue weighted by Gasteiger charge is -2.11. The van der Waals surface area contributed by atoms with Gasteiger partial charge in [0.2, 0.25) is 11.7 Å². The first-order valence-electron chi connectivity index (χ1n) is 10.4. The van der Waals surface area contributed by atoms with Gasteiger partial charge in [-0.2, -0.15) is 9.49 Å². The second kappa shape index (κ2) is 9.45. The van der Waals surface area contributed by atoms with Crippen LogP contribution in [-0.2, 0) is 0 Å². The van der Waals surface area contributed by atoms with Crippen LogP contribution >= 0.6 is 0 Å². The van der Waals surface area contributed by atoms with E-state index in [4.69, 9.17) is 4.74 Å². The molecule has 11 heteroatoms. The smallest absolute Gasteiger partial charge is 0.258 e. The number of amides is 1. The van der Waals surface area contributed by atoms with Gasteiger partial charge in [0, 0.05) is 17.4 Å². The topological polar surface area (TPSA) is 91.2 Å². The zero-order valence-corrected chi connectivity index (χ0v) is 19.2. The van der Waals surface area contributed by atoms with Crippen LogP contribution in [0.5, 0.6) is 17.4 Å². The van der Waals surface area contributed by atoms with E-state index in [1.165, 1.54) is 18.5 Å². The number of hydrogen-bond acceptors (Lipinski definition) is 6. The Morgan fingerprint density at radius 1 is 1.00 bits per heavy atom. The molecule has 4 rings (SSSR count). The number of carbonyl (C=O) groups excluding carboxylic acids is 1. The number of benzene rings is 2. The first kappa shape index (κ1) is 23.7. The van der Waals surface area contributed by atoms with Crippen LogP contribution in [0.4, 0.5) is 18.9 Å². The Bertz CT molecular complexity index is 1420. The molecule has 0 radical (unpaired) electrons. The third-order valence-electron chi connectivity index (χ3n) is 5.40. The lowest BCUT2D eigenvalue weighted by atomic mass is 10.1. The highest BCUT2D eigenvalue weighted by Gasteiger charge is 2.23. The first-order chi connectivity index (χ1) is 16.7. The minimum Gasteiger partial charge on any atom is -0.491 e. The van der Waals surface area contributed by atoms with Crippen molar-refractivity contribution in [1.29, 1.82) is 0 Å². The molecule has 0 atom stereocenters. The molecule has 0 aliphatic rings. The van der Waals surface area contributed by atoms with Gasteiger partial charge in [0.25, 0.3) is 5.91 Å². The molecule has 1 amide bonds. The predicted octanol–water partition coefficient (Wildman–Crippen LogP) is 5.06. The van der Waals surface area contributed by atoms with Crippen LogP contribution in [-0.4, -0.2) is 32.8 Å². The third-order valence-corrected chi connectivity index (χ3v) is 5.40. The molecule has 0 saturated heterocycles. The van der Waals surface area contributed by atoms with Gasteiger partial charge in [0.15, 0.2) is 23.2 Å². The van der Waals surface area contributed by atoms with Gasteiger partial charge in [-0.1, -0.05) is 0 Å². The van der Waals surface area contributed by atoms with Crippen molar-refractivity contribution in [2.75, 3.05) is 12.4 Å². The summed E-state index contributed by atoms with van der Waals surface area (Å²) < 4.78 is 53.7. The Labute approximate surface area is 198 Å². The van der Waals surface area contributed by atoms with Gasteiger partial charge in [-0.15, -0.1) is 0 Å². The maximum atomic E-state index is 14.3. The van der Waals surface area contributed by atoms with Crippen LogP contribution in [0.3, 0.4) is 0 Å². The van der Waals surface area contributed by atoms with E-state index in [0.717, 1.165) is 24.1 Å². The molecule has 0 unspecified atom stereocenters. The lowest BCUT2D eigenvalue weighted by Crippen LogP contribution is -2.15. The summed E-state index contributed by atoms with van der Waals surface area (Å²) in [5.74, 6) is -4.96. The summed E-state index contributed by atoms with van der Waals surface area (Å²) in [4.78, 5) is 20.8. The minimum absolute atomic E-state index is 0.270. The molecule has 0 spiro atoms. The monoisotopic (exact) mass is 483 g/mol. The van der Waals surface area contributed by atoms with E-state index < -0.39 is 34.7 Å². The van der Waals surface area contributed by atoms with Crippen molar-refractivity contribution in [3.05, 3.63) is 82.7 Å². The summed E-state index contributed by atoms with van der Waals surface area (Å²) in [5, 5.41) is 6.89. The maximum Gasteiger partial charge on any atom is 0.258 e. The molecule has 0 aliphatic carbocycles. The van der Waals surface area contributed by atoms with Crippen LogP contribution in [0.2, 0.25) is 0 Å². The lowest BCUT2D eigenvalue weighted by molar-refractivity contribution is 0.102. The normalized spacial score (nSPS) is 10.8. The molecule has 0 fully saturated rings. The Hall–Kier alpha value is -4.41. The molecule has 0 bridgehead atoms. The molecule has 0 aliphatic heterocycles. The van der Waals surface area contributed by atoms with E-state index in [1.807, 2.05) is 20.8 Å². The molecule has 4 aromatic rings. The van der Waals surface area contributed by atoms with Gasteiger partial charge in [-0.05, 0) is 56.7 Å². The molecular formula is C24H20F3N5O3. The highest BCUT2D eigenvalue weighted by Crippen LogP contribution is 2.28. The molecule has 8 nitrogen and oxygen atoms in total. The average Bonchev–Trinajstić information content (AvgIpc) is 3.10. The number of halogens is 3. The molecule has 0 saturated carbocycles. The summed E-state index contributed by atoms with van der Waals surface area (Å²) in [7, 11) is 0.972. The maximum absolute atomic E-state index is 14.3. The van der Waals surface area contributed by atoms with Crippen molar-refractivity contribution < 1.29 is 27.4 Å². The summed E-state index contributed by atoms with van der Waals surface area (Å²) in [6.07, 6.45) is 1.36. The van der Waals surface area contributed by atoms with Crippen molar-refractivity contribution in [3.8, 4) is 23.2 Å². The minimum atomic E-state index is -1.51. The van der Waals surface area contributed by atoms with E-state index >= 15 is 0 Å². The number of nitrogens with one attached hydrogen (secondary N) is 1.